The molecule has 1 fully saturated rings. The molecule has 0 radical (unpaired) electrons. The molecule has 1 heterocycles. The minimum absolute atomic E-state index is 0.0172. The summed E-state index contributed by atoms with van der Waals surface area (Å²) in [6.07, 6.45) is 7.12. The van der Waals surface area contributed by atoms with Crippen molar-refractivity contribution in [3.8, 4) is 0 Å². The lowest BCUT2D eigenvalue weighted by Crippen LogP contribution is -2.48. The standard InChI is InChI=1S/C24H39N3O2/c1-5-6-7-8-9-10-23(29)27-17-15-26(16-18-27)21-13-11-20(12-14-21)25-22(28)19-24(2,3)4/h11-14H,5-10,15-19H2,1-4H3,(H,25,28). The van der Waals surface area contributed by atoms with Crippen LogP contribution in [0.15, 0.2) is 24.3 Å². The Morgan fingerprint density at radius 3 is 2.14 bits per heavy atom. The summed E-state index contributed by atoms with van der Waals surface area (Å²) in [6.45, 7) is 11.7. The van der Waals surface area contributed by atoms with Crippen LogP contribution < -0.4 is 10.2 Å². The van der Waals surface area contributed by atoms with E-state index in [1.807, 2.05) is 17.0 Å². The quantitative estimate of drug-likeness (QED) is 0.588. The van der Waals surface area contributed by atoms with Gasteiger partial charge in [-0.25, -0.2) is 0 Å². The van der Waals surface area contributed by atoms with Crippen LogP contribution in [-0.2, 0) is 9.59 Å². The van der Waals surface area contributed by atoms with Crippen molar-refractivity contribution in [3.63, 3.8) is 0 Å². The maximum absolute atomic E-state index is 12.4. The van der Waals surface area contributed by atoms with Crippen LogP contribution in [0.4, 0.5) is 11.4 Å². The third-order valence-electron chi connectivity index (χ3n) is 5.33. The van der Waals surface area contributed by atoms with Crippen LogP contribution in [0.3, 0.4) is 0 Å². The van der Waals surface area contributed by atoms with Gasteiger partial charge in [0, 0.05) is 50.4 Å². The predicted octanol–water partition coefficient (Wildman–Crippen LogP) is 5.07. The zero-order valence-corrected chi connectivity index (χ0v) is 18.8. The zero-order chi connectivity index (χ0) is 21.3. The van der Waals surface area contributed by atoms with Crippen molar-refractivity contribution in [1.29, 1.82) is 0 Å². The lowest BCUT2D eigenvalue weighted by Gasteiger charge is -2.36. The number of unbranched alkanes of at least 4 members (excludes halogenated alkanes) is 4. The Hall–Kier alpha value is -2.04. The van der Waals surface area contributed by atoms with E-state index in [2.05, 4.69) is 50.0 Å². The zero-order valence-electron chi connectivity index (χ0n) is 18.8. The Morgan fingerprint density at radius 1 is 0.931 bits per heavy atom. The van der Waals surface area contributed by atoms with Crippen LogP contribution in [0, 0.1) is 5.41 Å². The maximum atomic E-state index is 12.4. The number of piperazine rings is 1. The molecule has 0 aliphatic carbocycles. The average molecular weight is 402 g/mol. The molecule has 29 heavy (non-hydrogen) atoms. The third kappa shape index (κ3) is 8.46. The van der Waals surface area contributed by atoms with Crippen molar-refractivity contribution in [2.45, 2.75) is 72.6 Å². The number of hydrogen-bond acceptors (Lipinski definition) is 3. The average Bonchev–Trinajstić information content (AvgIpc) is 2.67. The number of hydrogen-bond donors (Lipinski definition) is 1. The molecule has 5 nitrogen and oxygen atoms in total. The van der Waals surface area contributed by atoms with E-state index in [-0.39, 0.29) is 11.3 Å². The van der Waals surface area contributed by atoms with Crippen LogP contribution in [0.5, 0.6) is 0 Å². The molecule has 2 rings (SSSR count). The highest BCUT2D eigenvalue weighted by Gasteiger charge is 2.21. The molecule has 5 heteroatoms. The van der Waals surface area contributed by atoms with Gasteiger partial charge in [0.15, 0.2) is 0 Å². The van der Waals surface area contributed by atoms with Crippen LogP contribution in [0.2, 0.25) is 0 Å². The van der Waals surface area contributed by atoms with Crippen LogP contribution in [0.1, 0.15) is 72.6 Å². The topological polar surface area (TPSA) is 52.7 Å². The molecule has 0 saturated carbocycles. The second-order valence-corrected chi connectivity index (χ2v) is 9.36. The summed E-state index contributed by atoms with van der Waals surface area (Å²) in [6, 6.07) is 8.03. The predicted molar refractivity (Wildman–Crippen MR) is 121 cm³/mol. The number of nitrogens with one attached hydrogen (secondary N) is 1. The highest BCUT2D eigenvalue weighted by molar-refractivity contribution is 5.91. The van der Waals surface area contributed by atoms with E-state index < -0.39 is 0 Å². The van der Waals surface area contributed by atoms with Gasteiger partial charge in [-0.15, -0.1) is 0 Å². The Bertz CT molecular complexity index is 641. The van der Waals surface area contributed by atoms with Gasteiger partial charge in [-0.1, -0.05) is 53.4 Å². The summed E-state index contributed by atoms with van der Waals surface area (Å²) < 4.78 is 0. The van der Waals surface area contributed by atoms with Crippen molar-refractivity contribution in [2.75, 3.05) is 36.4 Å². The Balaban J connectivity index is 1.75. The summed E-state index contributed by atoms with van der Waals surface area (Å²) in [5.74, 6) is 0.352. The summed E-state index contributed by atoms with van der Waals surface area (Å²) in [4.78, 5) is 28.8. The molecule has 0 unspecified atom stereocenters. The van der Waals surface area contributed by atoms with Gasteiger partial charge in [-0.3, -0.25) is 9.59 Å². The molecule has 1 aromatic carbocycles. The number of carbonyl (C=O) groups excluding carboxylic acids is 2. The van der Waals surface area contributed by atoms with Crippen molar-refractivity contribution in [1.82, 2.24) is 4.90 Å². The van der Waals surface area contributed by atoms with Crippen LogP contribution in [0.25, 0.3) is 0 Å². The van der Waals surface area contributed by atoms with Crippen LogP contribution in [-0.4, -0.2) is 42.9 Å². The Labute approximate surface area is 176 Å². The molecule has 0 atom stereocenters. The van der Waals surface area contributed by atoms with Gasteiger partial charge < -0.3 is 15.1 Å². The molecule has 2 amide bonds. The number of rotatable bonds is 9. The van der Waals surface area contributed by atoms with E-state index in [0.717, 1.165) is 50.4 Å². The maximum Gasteiger partial charge on any atom is 0.224 e. The molecule has 1 aliphatic rings. The molecular formula is C24H39N3O2. The molecule has 0 spiro atoms. The summed E-state index contributed by atoms with van der Waals surface area (Å²) in [5, 5.41) is 2.97. The Morgan fingerprint density at radius 2 is 1.55 bits per heavy atom. The first-order valence-electron chi connectivity index (χ1n) is 11.2. The summed E-state index contributed by atoms with van der Waals surface area (Å²) in [7, 11) is 0. The van der Waals surface area contributed by atoms with E-state index in [4.69, 9.17) is 0 Å². The number of amides is 2. The van der Waals surface area contributed by atoms with Crippen molar-refractivity contribution in [3.05, 3.63) is 24.3 Å². The van der Waals surface area contributed by atoms with Crippen molar-refractivity contribution >= 4 is 23.2 Å². The third-order valence-corrected chi connectivity index (χ3v) is 5.33. The van der Waals surface area contributed by atoms with Gasteiger partial charge in [-0.05, 0) is 36.1 Å². The molecule has 1 saturated heterocycles. The van der Waals surface area contributed by atoms with Gasteiger partial charge in [-0.2, -0.15) is 0 Å². The highest BCUT2D eigenvalue weighted by Crippen LogP contribution is 2.22. The highest BCUT2D eigenvalue weighted by atomic mass is 16.2. The minimum atomic E-state index is -0.0172. The number of benzene rings is 1. The monoisotopic (exact) mass is 401 g/mol. The first-order chi connectivity index (χ1) is 13.8. The number of carbonyl (C=O) groups is 2. The summed E-state index contributed by atoms with van der Waals surface area (Å²) >= 11 is 0. The molecule has 162 valence electrons. The molecule has 0 aromatic heterocycles. The van der Waals surface area contributed by atoms with Crippen LogP contribution >= 0.6 is 0 Å². The van der Waals surface area contributed by atoms with E-state index in [1.54, 1.807) is 0 Å². The largest absolute Gasteiger partial charge is 0.368 e. The van der Waals surface area contributed by atoms with E-state index >= 15 is 0 Å². The SMILES string of the molecule is CCCCCCCC(=O)N1CCN(c2ccc(NC(=O)CC(C)(C)C)cc2)CC1. The summed E-state index contributed by atoms with van der Waals surface area (Å²) in [5.41, 5.74) is 1.96. The number of anilines is 2. The second kappa shape index (κ2) is 11.2. The van der Waals surface area contributed by atoms with Gasteiger partial charge in [0.25, 0.3) is 0 Å². The van der Waals surface area contributed by atoms with Gasteiger partial charge >= 0.3 is 0 Å². The van der Waals surface area contributed by atoms with E-state index in [9.17, 15) is 9.59 Å². The van der Waals surface area contributed by atoms with E-state index in [0.29, 0.717) is 18.7 Å². The first kappa shape index (κ1) is 23.2. The number of nitrogens with zero attached hydrogens (tertiary/aromatic N) is 2. The second-order valence-electron chi connectivity index (χ2n) is 9.36. The smallest absolute Gasteiger partial charge is 0.224 e. The van der Waals surface area contributed by atoms with Gasteiger partial charge in [0.1, 0.15) is 0 Å². The lowest BCUT2D eigenvalue weighted by molar-refractivity contribution is -0.131. The molecule has 1 aliphatic heterocycles. The van der Waals surface area contributed by atoms with Gasteiger partial charge in [0.2, 0.25) is 11.8 Å². The molecule has 0 bridgehead atoms. The first-order valence-corrected chi connectivity index (χ1v) is 11.2. The van der Waals surface area contributed by atoms with Gasteiger partial charge in [0.05, 0.1) is 0 Å². The normalized spacial score (nSPS) is 14.8. The fourth-order valence-electron chi connectivity index (χ4n) is 3.69. The Kier molecular flexibility index (Phi) is 8.99. The van der Waals surface area contributed by atoms with Crippen molar-refractivity contribution in [2.24, 2.45) is 5.41 Å². The molecular weight excluding hydrogens is 362 g/mol. The molecule has 1 aromatic rings. The van der Waals surface area contributed by atoms with E-state index in [1.165, 1.54) is 19.3 Å². The molecule has 1 N–H and O–H groups in total. The minimum Gasteiger partial charge on any atom is -0.368 e. The fourth-order valence-corrected chi connectivity index (χ4v) is 3.69. The van der Waals surface area contributed by atoms with Crippen molar-refractivity contribution < 1.29 is 9.59 Å². The fraction of sp³-hybridized carbons (Fsp3) is 0.667. The lowest BCUT2D eigenvalue weighted by atomic mass is 9.92.